The molecule has 0 aliphatic heterocycles. The van der Waals surface area contributed by atoms with Crippen molar-refractivity contribution in [2.24, 2.45) is 0 Å². The van der Waals surface area contributed by atoms with Gasteiger partial charge in [-0.3, -0.25) is 0 Å². The zero-order valence-electron chi connectivity index (χ0n) is 4.13. The first-order chi connectivity index (χ1) is 3.79. The van der Waals surface area contributed by atoms with Crippen molar-refractivity contribution in [3.05, 3.63) is 28.8 Å². The van der Waals surface area contributed by atoms with Crippen molar-refractivity contribution >= 4 is 5.69 Å². The Morgan fingerprint density at radius 1 is 1.50 bits per heavy atom. The highest BCUT2D eigenvalue weighted by atomic mass is 16.4. The Kier molecular flexibility index (Phi) is 1.04. The third-order valence-electron chi connectivity index (χ3n) is 0.723. The first kappa shape index (κ1) is 4.90. The number of nitrogens with two attached hydrogens (primary N) is 1. The fourth-order valence-electron chi connectivity index (χ4n) is 0.369. The molecule has 0 radical (unpaired) electrons. The Balaban J connectivity index is 3.22. The molecule has 1 aromatic rings. The summed E-state index contributed by atoms with van der Waals surface area (Å²) in [4.78, 5) is 10.2. The molecule has 0 atom stereocenters. The second kappa shape index (κ2) is 1.69. The molecule has 8 heavy (non-hydrogen) atoms. The maximum absolute atomic E-state index is 10.2. The van der Waals surface area contributed by atoms with E-state index in [1.165, 1.54) is 18.4 Å². The molecule has 0 saturated carbocycles. The van der Waals surface area contributed by atoms with Crippen LogP contribution in [0.1, 0.15) is 0 Å². The van der Waals surface area contributed by atoms with E-state index < -0.39 is 0 Å². The molecule has 0 spiro atoms. The van der Waals surface area contributed by atoms with Gasteiger partial charge in [0, 0.05) is 6.07 Å². The van der Waals surface area contributed by atoms with Crippen molar-refractivity contribution in [1.82, 2.24) is 0 Å². The van der Waals surface area contributed by atoms with Gasteiger partial charge in [0.05, 0.1) is 5.69 Å². The summed E-state index contributed by atoms with van der Waals surface area (Å²) in [5.41, 5.74) is 5.28. The molecule has 2 N–H and O–H groups in total. The molecule has 42 valence electrons. The molecule has 0 aromatic carbocycles. The zero-order valence-corrected chi connectivity index (χ0v) is 4.13. The Bertz CT molecular complexity index is 208. The first-order valence-electron chi connectivity index (χ1n) is 2.13. The summed E-state index contributed by atoms with van der Waals surface area (Å²) in [5, 5.41) is 0. The van der Waals surface area contributed by atoms with Crippen molar-refractivity contribution in [2.75, 3.05) is 5.73 Å². The second-order valence-electron chi connectivity index (χ2n) is 1.39. The van der Waals surface area contributed by atoms with Crippen LogP contribution in [0, 0.1) is 0 Å². The number of hydrogen-bond acceptors (Lipinski definition) is 3. The summed E-state index contributed by atoms with van der Waals surface area (Å²) < 4.78 is 4.38. The molecule has 0 unspecified atom stereocenters. The highest BCUT2D eigenvalue weighted by Crippen LogP contribution is 1.91. The van der Waals surface area contributed by atoms with Crippen LogP contribution in [0.15, 0.2) is 27.6 Å². The minimum Gasteiger partial charge on any atom is -0.429 e. The molecule has 0 bridgehead atoms. The van der Waals surface area contributed by atoms with Crippen LogP contribution in [-0.2, 0) is 0 Å². The molecule has 1 aromatic heterocycles. The minimum absolute atomic E-state index is 0.376. The topological polar surface area (TPSA) is 56.2 Å². The smallest absolute Gasteiger partial charge is 0.335 e. The monoisotopic (exact) mass is 111 g/mol. The summed E-state index contributed by atoms with van der Waals surface area (Å²) in [6.45, 7) is 0. The third kappa shape index (κ3) is 0.872. The predicted molar refractivity (Wildman–Crippen MR) is 29.4 cm³/mol. The van der Waals surface area contributed by atoms with E-state index in [0.717, 1.165) is 0 Å². The van der Waals surface area contributed by atoms with Crippen molar-refractivity contribution < 1.29 is 4.42 Å². The van der Waals surface area contributed by atoms with Crippen LogP contribution in [0.5, 0.6) is 0 Å². The minimum atomic E-state index is -0.376. The van der Waals surface area contributed by atoms with Gasteiger partial charge in [0.15, 0.2) is 0 Å². The zero-order chi connectivity index (χ0) is 5.98. The molecule has 3 nitrogen and oxygen atoms in total. The third-order valence-corrected chi connectivity index (χ3v) is 0.723. The van der Waals surface area contributed by atoms with Gasteiger partial charge in [-0.2, -0.15) is 0 Å². The Labute approximate surface area is 45.7 Å². The van der Waals surface area contributed by atoms with E-state index >= 15 is 0 Å². The highest BCUT2D eigenvalue weighted by Gasteiger charge is 1.82. The van der Waals surface area contributed by atoms with Gasteiger partial charge < -0.3 is 10.2 Å². The van der Waals surface area contributed by atoms with Crippen molar-refractivity contribution in [3.8, 4) is 0 Å². The molecular weight excluding hydrogens is 106 g/mol. The van der Waals surface area contributed by atoms with Crippen molar-refractivity contribution in [1.29, 1.82) is 0 Å². The SMILES string of the molecule is Nc1ccc(=O)oc1. The second-order valence-corrected chi connectivity index (χ2v) is 1.39. The van der Waals surface area contributed by atoms with Crippen molar-refractivity contribution in [2.45, 2.75) is 0 Å². The maximum Gasteiger partial charge on any atom is 0.335 e. The molecule has 0 fully saturated rings. The van der Waals surface area contributed by atoms with E-state index in [9.17, 15) is 4.79 Å². The first-order valence-corrected chi connectivity index (χ1v) is 2.13. The fraction of sp³-hybridized carbons (Fsp3) is 0. The van der Waals surface area contributed by atoms with Gasteiger partial charge in [-0.05, 0) is 6.07 Å². The number of nitrogen functional groups attached to an aromatic ring is 1. The van der Waals surface area contributed by atoms with Crippen LogP contribution in [0.4, 0.5) is 5.69 Å². The van der Waals surface area contributed by atoms with Gasteiger partial charge in [0.2, 0.25) is 0 Å². The van der Waals surface area contributed by atoms with E-state index in [1.807, 2.05) is 0 Å². The maximum atomic E-state index is 10.2. The van der Waals surface area contributed by atoms with Gasteiger partial charge in [0.25, 0.3) is 0 Å². The van der Waals surface area contributed by atoms with Gasteiger partial charge in [-0.1, -0.05) is 0 Å². The molecular formula is C5H5NO2. The molecule has 0 amide bonds. The number of rotatable bonds is 0. The number of anilines is 1. The van der Waals surface area contributed by atoms with E-state index in [2.05, 4.69) is 4.42 Å². The van der Waals surface area contributed by atoms with Crippen LogP contribution in [0.25, 0.3) is 0 Å². The molecule has 0 aliphatic carbocycles. The molecule has 3 heteroatoms. The van der Waals surface area contributed by atoms with E-state index in [-0.39, 0.29) is 5.63 Å². The van der Waals surface area contributed by atoms with E-state index in [4.69, 9.17) is 5.73 Å². The molecule has 0 aliphatic rings. The Hall–Kier alpha value is -1.25. The average molecular weight is 111 g/mol. The largest absolute Gasteiger partial charge is 0.429 e. The number of hydrogen-bond donors (Lipinski definition) is 1. The van der Waals surface area contributed by atoms with Gasteiger partial charge in [-0.25, -0.2) is 4.79 Å². The highest BCUT2D eigenvalue weighted by molar-refractivity contribution is 5.30. The van der Waals surface area contributed by atoms with Crippen LogP contribution < -0.4 is 11.4 Å². The predicted octanol–water partition coefficient (Wildman–Crippen LogP) is 0.222. The lowest BCUT2D eigenvalue weighted by molar-refractivity contribution is 0.513. The lowest BCUT2D eigenvalue weighted by Gasteiger charge is -1.83. The van der Waals surface area contributed by atoms with Crippen LogP contribution in [0.3, 0.4) is 0 Å². The Morgan fingerprint density at radius 3 is 2.62 bits per heavy atom. The quantitative estimate of drug-likeness (QED) is 0.521. The Morgan fingerprint density at radius 2 is 2.25 bits per heavy atom. The van der Waals surface area contributed by atoms with Gasteiger partial charge >= 0.3 is 5.63 Å². The lowest BCUT2D eigenvalue weighted by Crippen LogP contribution is -1.95. The fourth-order valence-corrected chi connectivity index (χ4v) is 0.369. The summed E-state index contributed by atoms with van der Waals surface area (Å²) in [6.07, 6.45) is 1.21. The summed E-state index contributed by atoms with van der Waals surface area (Å²) in [5.74, 6) is 0. The van der Waals surface area contributed by atoms with Gasteiger partial charge in [-0.15, -0.1) is 0 Å². The lowest BCUT2D eigenvalue weighted by atomic mass is 10.5. The summed E-state index contributed by atoms with van der Waals surface area (Å²) in [7, 11) is 0. The van der Waals surface area contributed by atoms with E-state index in [1.54, 1.807) is 0 Å². The molecule has 0 saturated heterocycles. The van der Waals surface area contributed by atoms with Crippen LogP contribution in [0.2, 0.25) is 0 Å². The molecule has 1 heterocycles. The van der Waals surface area contributed by atoms with Gasteiger partial charge in [0.1, 0.15) is 6.26 Å². The normalized spacial score (nSPS) is 9.00. The van der Waals surface area contributed by atoms with E-state index in [0.29, 0.717) is 5.69 Å². The molecule has 1 rings (SSSR count). The average Bonchev–Trinajstić information content (AvgIpc) is 1.77. The van der Waals surface area contributed by atoms with Crippen LogP contribution in [-0.4, -0.2) is 0 Å². The summed E-state index contributed by atoms with van der Waals surface area (Å²) in [6, 6.07) is 2.77. The van der Waals surface area contributed by atoms with Crippen LogP contribution >= 0.6 is 0 Å². The summed E-state index contributed by atoms with van der Waals surface area (Å²) >= 11 is 0. The standard InChI is InChI=1S/C5H5NO2/c6-4-1-2-5(7)8-3-4/h1-3H,6H2. The van der Waals surface area contributed by atoms with Crippen molar-refractivity contribution in [3.63, 3.8) is 0 Å².